The summed E-state index contributed by atoms with van der Waals surface area (Å²) in [5.41, 5.74) is 7.07. The van der Waals surface area contributed by atoms with Crippen molar-refractivity contribution in [2.75, 3.05) is 0 Å². The van der Waals surface area contributed by atoms with Gasteiger partial charge in [0, 0.05) is 17.4 Å². The van der Waals surface area contributed by atoms with Crippen LogP contribution >= 0.6 is 27.5 Å². The zero-order valence-corrected chi connectivity index (χ0v) is 14.8. The predicted octanol–water partition coefficient (Wildman–Crippen LogP) is 3.68. The van der Waals surface area contributed by atoms with Gasteiger partial charge in [0.05, 0.1) is 22.5 Å². The molecule has 1 unspecified atom stereocenters. The van der Waals surface area contributed by atoms with Crippen molar-refractivity contribution < 1.29 is 0 Å². The molecule has 0 radical (unpaired) electrons. The van der Waals surface area contributed by atoms with Gasteiger partial charge in [-0.25, -0.2) is 0 Å². The molecule has 1 atom stereocenters. The lowest BCUT2D eigenvalue weighted by Gasteiger charge is -2.19. The number of halogens is 2. The first kappa shape index (κ1) is 16.5. The molecule has 3 N–H and O–H groups in total. The van der Waals surface area contributed by atoms with E-state index in [1.54, 1.807) is 0 Å². The van der Waals surface area contributed by atoms with Gasteiger partial charge in [0.25, 0.3) is 0 Å². The summed E-state index contributed by atoms with van der Waals surface area (Å²) >= 11 is 9.98. The van der Waals surface area contributed by atoms with Crippen LogP contribution < -0.4 is 11.3 Å². The van der Waals surface area contributed by atoms with Gasteiger partial charge in [-0.05, 0) is 32.4 Å². The average Bonchev–Trinajstić information content (AvgIpc) is 2.74. The molecule has 4 nitrogen and oxygen atoms in total. The molecule has 0 saturated heterocycles. The van der Waals surface area contributed by atoms with Gasteiger partial charge in [-0.3, -0.25) is 16.0 Å². The van der Waals surface area contributed by atoms with Gasteiger partial charge in [-0.2, -0.15) is 5.10 Å². The summed E-state index contributed by atoms with van der Waals surface area (Å²) in [5, 5.41) is 5.18. The fourth-order valence-corrected chi connectivity index (χ4v) is 3.18. The molecule has 1 aromatic carbocycles. The summed E-state index contributed by atoms with van der Waals surface area (Å²) < 4.78 is 2.97. The molecular formula is C15H20BrClN4. The molecule has 114 valence electrons. The molecule has 0 amide bonds. The molecule has 2 aromatic rings. The summed E-state index contributed by atoms with van der Waals surface area (Å²) in [6.45, 7) is 6.83. The third-order valence-electron chi connectivity index (χ3n) is 3.58. The van der Waals surface area contributed by atoms with E-state index in [4.69, 9.17) is 17.4 Å². The zero-order valence-electron chi connectivity index (χ0n) is 12.5. The lowest BCUT2D eigenvalue weighted by atomic mass is 10.0. The molecule has 0 saturated carbocycles. The zero-order chi connectivity index (χ0) is 15.6. The van der Waals surface area contributed by atoms with Gasteiger partial charge in [0.2, 0.25) is 0 Å². The first-order valence-corrected chi connectivity index (χ1v) is 8.09. The quantitative estimate of drug-likeness (QED) is 0.622. The Balaban J connectivity index is 2.38. The number of nitrogens with one attached hydrogen (secondary N) is 1. The Morgan fingerprint density at radius 1 is 1.43 bits per heavy atom. The van der Waals surface area contributed by atoms with Gasteiger partial charge in [0.1, 0.15) is 0 Å². The average molecular weight is 372 g/mol. The van der Waals surface area contributed by atoms with Crippen LogP contribution in [0.4, 0.5) is 0 Å². The topological polar surface area (TPSA) is 55.9 Å². The van der Waals surface area contributed by atoms with E-state index in [0.717, 1.165) is 33.0 Å². The molecule has 0 spiro atoms. The third kappa shape index (κ3) is 3.48. The maximum Gasteiger partial charge on any atom is 0.0847 e. The van der Waals surface area contributed by atoms with Crippen molar-refractivity contribution in [3.63, 3.8) is 0 Å². The molecule has 21 heavy (non-hydrogen) atoms. The van der Waals surface area contributed by atoms with Crippen LogP contribution in [0.5, 0.6) is 0 Å². The van der Waals surface area contributed by atoms with E-state index in [-0.39, 0.29) is 6.04 Å². The summed E-state index contributed by atoms with van der Waals surface area (Å²) in [5.74, 6) is 5.78. The summed E-state index contributed by atoms with van der Waals surface area (Å²) in [4.78, 5) is 0. The first-order chi connectivity index (χ1) is 9.97. The van der Waals surface area contributed by atoms with Gasteiger partial charge < -0.3 is 0 Å². The van der Waals surface area contributed by atoms with Crippen molar-refractivity contribution in [1.29, 1.82) is 0 Å². The first-order valence-electron chi connectivity index (χ1n) is 6.91. The molecule has 0 aliphatic heterocycles. The van der Waals surface area contributed by atoms with Crippen LogP contribution in [0.2, 0.25) is 5.02 Å². The highest BCUT2D eigenvalue weighted by atomic mass is 79.9. The van der Waals surface area contributed by atoms with Crippen LogP contribution in [-0.2, 0) is 13.0 Å². The second kappa shape index (κ2) is 6.92. The van der Waals surface area contributed by atoms with E-state index in [1.165, 1.54) is 5.56 Å². The monoisotopic (exact) mass is 370 g/mol. The van der Waals surface area contributed by atoms with Crippen LogP contribution in [0.15, 0.2) is 22.7 Å². The predicted molar refractivity (Wildman–Crippen MR) is 90.3 cm³/mol. The van der Waals surface area contributed by atoms with Gasteiger partial charge in [0.15, 0.2) is 0 Å². The van der Waals surface area contributed by atoms with Crippen molar-refractivity contribution in [3.8, 4) is 0 Å². The van der Waals surface area contributed by atoms with E-state index < -0.39 is 0 Å². The normalized spacial score (nSPS) is 12.7. The van der Waals surface area contributed by atoms with Crippen LogP contribution in [0.1, 0.15) is 35.5 Å². The Bertz CT molecular complexity index is 639. The van der Waals surface area contributed by atoms with Crippen molar-refractivity contribution in [1.82, 2.24) is 15.2 Å². The lowest BCUT2D eigenvalue weighted by molar-refractivity contribution is 0.515. The Hall–Kier alpha value is -0.880. The Morgan fingerprint density at radius 3 is 2.76 bits per heavy atom. The number of hydrogen-bond donors (Lipinski definition) is 2. The molecule has 2 rings (SSSR count). The molecule has 0 bridgehead atoms. The van der Waals surface area contributed by atoms with E-state index in [9.17, 15) is 0 Å². The molecule has 1 aromatic heterocycles. The molecule has 0 aliphatic carbocycles. The van der Waals surface area contributed by atoms with Gasteiger partial charge in [-0.15, -0.1) is 0 Å². The summed E-state index contributed by atoms with van der Waals surface area (Å²) in [6, 6.07) is 6.20. The summed E-state index contributed by atoms with van der Waals surface area (Å²) in [7, 11) is 0. The smallest absolute Gasteiger partial charge is 0.0847 e. The Kier molecular flexibility index (Phi) is 5.43. The van der Waals surface area contributed by atoms with E-state index in [0.29, 0.717) is 6.42 Å². The maximum absolute atomic E-state index is 6.39. The number of hydrogen-bond acceptors (Lipinski definition) is 3. The number of nitrogens with two attached hydrogens (primary N) is 1. The maximum atomic E-state index is 6.39. The number of hydrazine groups is 1. The van der Waals surface area contributed by atoms with Crippen molar-refractivity contribution in [2.45, 2.75) is 39.8 Å². The Labute approximate surface area is 138 Å². The van der Waals surface area contributed by atoms with Crippen LogP contribution in [0.25, 0.3) is 0 Å². The number of rotatable bonds is 5. The van der Waals surface area contributed by atoms with Crippen molar-refractivity contribution in [3.05, 3.63) is 50.2 Å². The fourth-order valence-electron chi connectivity index (χ4n) is 2.45. The van der Waals surface area contributed by atoms with Gasteiger partial charge in [-0.1, -0.05) is 45.2 Å². The largest absolute Gasteiger partial charge is 0.271 e. The minimum Gasteiger partial charge on any atom is -0.271 e. The van der Waals surface area contributed by atoms with Crippen LogP contribution in [0, 0.1) is 13.8 Å². The van der Waals surface area contributed by atoms with Crippen molar-refractivity contribution >= 4 is 27.5 Å². The molecule has 1 heterocycles. The number of nitrogens with zero attached hydrogens (tertiary/aromatic N) is 2. The minimum absolute atomic E-state index is 0.0295. The molecular weight excluding hydrogens is 352 g/mol. The minimum atomic E-state index is -0.0295. The molecule has 0 fully saturated rings. The highest BCUT2D eigenvalue weighted by Crippen LogP contribution is 2.30. The fraction of sp³-hybridized carbons (Fsp3) is 0.400. The Morgan fingerprint density at radius 2 is 2.14 bits per heavy atom. The standard InChI is InChI=1S/C15H20BrClN4/c1-4-21-14(15(17)10(3)20-21)8-13(19-18)11-7-9(2)5-6-12(11)16/h5-7,13,19H,4,8,18H2,1-3H3. The van der Waals surface area contributed by atoms with Crippen LogP contribution in [0.3, 0.4) is 0 Å². The van der Waals surface area contributed by atoms with E-state index >= 15 is 0 Å². The number of aromatic nitrogens is 2. The van der Waals surface area contributed by atoms with Gasteiger partial charge >= 0.3 is 0 Å². The second-order valence-corrected chi connectivity index (χ2v) is 6.34. The van der Waals surface area contributed by atoms with E-state index in [1.807, 2.05) is 17.7 Å². The third-order valence-corrected chi connectivity index (χ3v) is 4.79. The summed E-state index contributed by atoms with van der Waals surface area (Å²) in [6.07, 6.45) is 0.687. The second-order valence-electron chi connectivity index (χ2n) is 5.11. The molecule has 6 heteroatoms. The van der Waals surface area contributed by atoms with Crippen LogP contribution in [-0.4, -0.2) is 9.78 Å². The number of aryl methyl sites for hydroxylation is 3. The van der Waals surface area contributed by atoms with E-state index in [2.05, 4.69) is 52.4 Å². The lowest BCUT2D eigenvalue weighted by Crippen LogP contribution is -2.30. The number of benzene rings is 1. The highest BCUT2D eigenvalue weighted by molar-refractivity contribution is 9.10. The molecule has 0 aliphatic rings. The highest BCUT2D eigenvalue weighted by Gasteiger charge is 2.20. The SMILES string of the molecule is CCn1nc(C)c(Cl)c1CC(NN)c1cc(C)ccc1Br. The van der Waals surface area contributed by atoms with Crippen molar-refractivity contribution in [2.24, 2.45) is 5.84 Å².